The van der Waals surface area contributed by atoms with E-state index in [4.69, 9.17) is 0 Å². The smallest absolute Gasteiger partial charge is 0.220 e. The van der Waals surface area contributed by atoms with Gasteiger partial charge in [0.25, 0.3) is 0 Å². The molecule has 0 spiro atoms. The summed E-state index contributed by atoms with van der Waals surface area (Å²) in [6.07, 6.45) is 4.33. The second-order valence-corrected chi connectivity index (χ2v) is 3.00. The van der Waals surface area contributed by atoms with Crippen LogP contribution in [0.3, 0.4) is 0 Å². The largest absolute Gasteiger partial charge is 0.356 e. The molecule has 0 aromatic carbocycles. The number of nitrogens with one attached hydrogen (secondary N) is 1. The molecule has 1 amide bonds. The molecular formula is C8H15NO. The van der Waals surface area contributed by atoms with Crippen LogP contribution in [-0.4, -0.2) is 12.5 Å². The van der Waals surface area contributed by atoms with Gasteiger partial charge in [0.15, 0.2) is 0 Å². The summed E-state index contributed by atoms with van der Waals surface area (Å²) in [6.45, 7) is 2.91. The van der Waals surface area contributed by atoms with E-state index in [9.17, 15) is 4.79 Å². The Hall–Kier alpha value is -0.530. The molecule has 0 aromatic rings. The summed E-state index contributed by atoms with van der Waals surface area (Å²) in [4.78, 5) is 10.9. The van der Waals surface area contributed by atoms with E-state index >= 15 is 0 Å². The Morgan fingerprint density at radius 2 is 2.30 bits per heavy atom. The van der Waals surface area contributed by atoms with Crippen LogP contribution >= 0.6 is 0 Å². The first kappa shape index (κ1) is 7.58. The molecule has 0 atom stereocenters. The molecule has 2 nitrogen and oxygen atoms in total. The fourth-order valence-electron chi connectivity index (χ4n) is 0.921. The molecular weight excluding hydrogens is 126 g/mol. The Morgan fingerprint density at radius 1 is 1.60 bits per heavy atom. The average molecular weight is 141 g/mol. The van der Waals surface area contributed by atoms with Crippen LogP contribution in [0.4, 0.5) is 0 Å². The molecule has 0 heterocycles. The monoisotopic (exact) mass is 141 g/mol. The molecule has 10 heavy (non-hydrogen) atoms. The summed E-state index contributed by atoms with van der Waals surface area (Å²) in [5.41, 5.74) is 0. The van der Waals surface area contributed by atoms with Crippen LogP contribution < -0.4 is 5.32 Å². The third kappa shape index (κ3) is 2.85. The first-order valence-corrected chi connectivity index (χ1v) is 4.09. The summed E-state index contributed by atoms with van der Waals surface area (Å²) >= 11 is 0. The van der Waals surface area contributed by atoms with Crippen molar-refractivity contribution in [2.75, 3.05) is 6.54 Å². The van der Waals surface area contributed by atoms with Crippen molar-refractivity contribution in [2.24, 2.45) is 5.92 Å². The lowest BCUT2D eigenvalue weighted by Gasteiger charge is -2.00. The van der Waals surface area contributed by atoms with Crippen LogP contribution in [0.15, 0.2) is 0 Å². The SMILES string of the molecule is CCCNC(=O)CC1CC1. The Balaban J connectivity index is 1.97. The van der Waals surface area contributed by atoms with Crippen LogP contribution in [0.2, 0.25) is 0 Å². The van der Waals surface area contributed by atoms with Gasteiger partial charge in [-0.1, -0.05) is 6.92 Å². The molecule has 0 saturated heterocycles. The van der Waals surface area contributed by atoms with Gasteiger partial charge in [-0.2, -0.15) is 0 Å². The van der Waals surface area contributed by atoms with Crippen molar-refractivity contribution >= 4 is 5.91 Å². The second-order valence-electron chi connectivity index (χ2n) is 3.00. The highest BCUT2D eigenvalue weighted by Gasteiger charge is 2.23. The number of rotatable bonds is 4. The summed E-state index contributed by atoms with van der Waals surface area (Å²) in [6, 6.07) is 0. The van der Waals surface area contributed by atoms with E-state index in [1.54, 1.807) is 0 Å². The van der Waals surface area contributed by atoms with E-state index < -0.39 is 0 Å². The van der Waals surface area contributed by atoms with Crippen molar-refractivity contribution in [3.63, 3.8) is 0 Å². The fraction of sp³-hybridized carbons (Fsp3) is 0.875. The molecule has 1 rings (SSSR count). The Kier molecular flexibility index (Phi) is 2.72. The number of hydrogen-bond acceptors (Lipinski definition) is 1. The average Bonchev–Trinajstić information content (AvgIpc) is 2.67. The zero-order valence-electron chi connectivity index (χ0n) is 6.52. The Morgan fingerprint density at radius 3 is 2.80 bits per heavy atom. The molecule has 0 bridgehead atoms. The van der Waals surface area contributed by atoms with Gasteiger partial charge in [0, 0.05) is 13.0 Å². The molecule has 2 heteroatoms. The van der Waals surface area contributed by atoms with Crippen molar-refractivity contribution in [3.8, 4) is 0 Å². The normalized spacial score (nSPS) is 16.9. The third-order valence-corrected chi connectivity index (χ3v) is 1.74. The molecule has 0 unspecified atom stereocenters. The number of hydrogen-bond donors (Lipinski definition) is 1. The number of amides is 1. The topological polar surface area (TPSA) is 29.1 Å². The molecule has 0 aromatic heterocycles. The zero-order chi connectivity index (χ0) is 7.40. The van der Waals surface area contributed by atoms with E-state index in [0.717, 1.165) is 25.3 Å². The van der Waals surface area contributed by atoms with Crippen LogP contribution in [0.25, 0.3) is 0 Å². The highest BCUT2D eigenvalue weighted by Crippen LogP contribution is 2.31. The quantitative estimate of drug-likeness (QED) is 0.628. The van der Waals surface area contributed by atoms with Crippen molar-refractivity contribution < 1.29 is 4.79 Å². The van der Waals surface area contributed by atoms with Gasteiger partial charge in [0.2, 0.25) is 5.91 Å². The lowest BCUT2D eigenvalue weighted by atomic mass is 10.3. The van der Waals surface area contributed by atoms with Gasteiger partial charge in [-0.25, -0.2) is 0 Å². The fourth-order valence-corrected chi connectivity index (χ4v) is 0.921. The van der Waals surface area contributed by atoms with Crippen LogP contribution in [0.5, 0.6) is 0 Å². The van der Waals surface area contributed by atoms with E-state index in [1.165, 1.54) is 12.8 Å². The Labute approximate surface area is 62.0 Å². The number of carbonyl (C=O) groups is 1. The van der Waals surface area contributed by atoms with Gasteiger partial charge in [-0.15, -0.1) is 0 Å². The van der Waals surface area contributed by atoms with Crippen molar-refractivity contribution in [1.29, 1.82) is 0 Å². The summed E-state index contributed by atoms with van der Waals surface area (Å²) in [5, 5.41) is 2.86. The molecule has 1 aliphatic carbocycles. The van der Waals surface area contributed by atoms with E-state index in [-0.39, 0.29) is 5.91 Å². The maximum atomic E-state index is 10.9. The maximum absolute atomic E-state index is 10.9. The number of carbonyl (C=O) groups excluding carboxylic acids is 1. The van der Waals surface area contributed by atoms with Gasteiger partial charge in [-0.05, 0) is 25.2 Å². The molecule has 0 radical (unpaired) electrons. The van der Waals surface area contributed by atoms with Crippen LogP contribution in [0.1, 0.15) is 32.6 Å². The minimum absolute atomic E-state index is 0.240. The van der Waals surface area contributed by atoms with E-state index in [2.05, 4.69) is 12.2 Å². The van der Waals surface area contributed by atoms with Crippen LogP contribution in [0, 0.1) is 5.92 Å². The molecule has 1 saturated carbocycles. The highest BCUT2D eigenvalue weighted by molar-refractivity contribution is 5.76. The molecule has 1 fully saturated rings. The van der Waals surface area contributed by atoms with Gasteiger partial charge in [0.05, 0.1) is 0 Å². The van der Waals surface area contributed by atoms with E-state index in [1.807, 2.05) is 0 Å². The van der Waals surface area contributed by atoms with E-state index in [0.29, 0.717) is 0 Å². The lowest BCUT2D eigenvalue weighted by Crippen LogP contribution is -2.23. The van der Waals surface area contributed by atoms with Gasteiger partial charge in [0.1, 0.15) is 0 Å². The minimum atomic E-state index is 0.240. The summed E-state index contributed by atoms with van der Waals surface area (Å²) < 4.78 is 0. The molecule has 58 valence electrons. The molecule has 1 N–H and O–H groups in total. The first-order chi connectivity index (χ1) is 4.83. The lowest BCUT2D eigenvalue weighted by molar-refractivity contribution is -0.121. The predicted molar refractivity (Wildman–Crippen MR) is 40.6 cm³/mol. The zero-order valence-corrected chi connectivity index (χ0v) is 6.52. The molecule has 1 aliphatic rings. The van der Waals surface area contributed by atoms with Crippen LogP contribution in [-0.2, 0) is 4.79 Å². The third-order valence-electron chi connectivity index (χ3n) is 1.74. The Bertz CT molecular complexity index is 118. The van der Waals surface area contributed by atoms with Gasteiger partial charge >= 0.3 is 0 Å². The first-order valence-electron chi connectivity index (χ1n) is 4.09. The van der Waals surface area contributed by atoms with Gasteiger partial charge in [-0.3, -0.25) is 4.79 Å². The van der Waals surface area contributed by atoms with Crippen molar-refractivity contribution in [2.45, 2.75) is 32.6 Å². The van der Waals surface area contributed by atoms with Gasteiger partial charge < -0.3 is 5.32 Å². The van der Waals surface area contributed by atoms with Crippen molar-refractivity contribution in [3.05, 3.63) is 0 Å². The predicted octanol–water partition coefficient (Wildman–Crippen LogP) is 1.31. The standard InChI is InChI=1S/C8H15NO/c1-2-5-9-8(10)6-7-3-4-7/h7H,2-6H2,1H3,(H,9,10). The summed E-state index contributed by atoms with van der Waals surface area (Å²) in [7, 11) is 0. The highest BCUT2D eigenvalue weighted by atomic mass is 16.1. The maximum Gasteiger partial charge on any atom is 0.220 e. The second kappa shape index (κ2) is 3.59. The van der Waals surface area contributed by atoms with Crippen molar-refractivity contribution in [1.82, 2.24) is 5.32 Å². The summed E-state index contributed by atoms with van der Waals surface area (Å²) in [5.74, 6) is 0.959. The molecule has 0 aliphatic heterocycles. The minimum Gasteiger partial charge on any atom is -0.356 e.